The van der Waals surface area contributed by atoms with Gasteiger partial charge in [-0.2, -0.15) is 5.10 Å². The van der Waals surface area contributed by atoms with Crippen molar-refractivity contribution in [2.45, 2.75) is 55.9 Å². The van der Waals surface area contributed by atoms with Crippen LogP contribution in [0.4, 0.5) is 0 Å². The zero-order chi connectivity index (χ0) is 16.2. The summed E-state index contributed by atoms with van der Waals surface area (Å²) in [4.78, 5) is 4.90. The van der Waals surface area contributed by atoms with Gasteiger partial charge in [-0.1, -0.05) is 56.3 Å². The summed E-state index contributed by atoms with van der Waals surface area (Å²) in [6, 6.07) is 7.93. The maximum absolute atomic E-state index is 5.93. The molecule has 1 aromatic heterocycles. The topological polar surface area (TPSA) is 38.7 Å². The minimum Gasteiger partial charge on any atom is -0.224 e. The Morgan fingerprint density at radius 1 is 1.17 bits per heavy atom. The Bertz CT molecular complexity index is 759. The molecule has 1 aromatic carbocycles. The van der Waals surface area contributed by atoms with Crippen LogP contribution in [0.15, 0.2) is 29.4 Å². The van der Waals surface area contributed by atoms with Crippen molar-refractivity contribution in [1.82, 2.24) is 15.2 Å². The van der Waals surface area contributed by atoms with Crippen LogP contribution >= 0.6 is 23.4 Å². The standard InChI is InChI=1S/C18H20ClN3S/c1-17(2)13-8-9-18(17,3)15-14(13)21-22-16(20-15)23-10-11-4-6-12(19)7-5-11/h4-7,13H,8-10H2,1-3H3/t13-,18+/m1/s1. The van der Waals surface area contributed by atoms with E-state index in [1.165, 1.54) is 24.1 Å². The molecule has 2 atom stereocenters. The number of hydrogen-bond acceptors (Lipinski definition) is 4. The molecule has 3 nitrogen and oxygen atoms in total. The Labute approximate surface area is 146 Å². The lowest BCUT2D eigenvalue weighted by Gasteiger charge is -2.33. The van der Waals surface area contributed by atoms with Gasteiger partial charge in [-0.05, 0) is 36.0 Å². The second-order valence-electron chi connectivity index (χ2n) is 7.39. The second kappa shape index (κ2) is 5.18. The maximum Gasteiger partial charge on any atom is 0.209 e. The van der Waals surface area contributed by atoms with Crippen LogP contribution < -0.4 is 0 Å². The molecule has 0 amide bonds. The molecule has 1 fully saturated rings. The maximum atomic E-state index is 5.93. The fraction of sp³-hybridized carbons (Fsp3) is 0.500. The highest BCUT2D eigenvalue weighted by Crippen LogP contribution is 2.66. The first-order valence-corrected chi connectivity index (χ1v) is 9.40. The van der Waals surface area contributed by atoms with Crippen LogP contribution in [0, 0.1) is 5.41 Å². The zero-order valence-electron chi connectivity index (χ0n) is 13.6. The Morgan fingerprint density at radius 3 is 2.65 bits per heavy atom. The summed E-state index contributed by atoms with van der Waals surface area (Å²) < 4.78 is 0. The van der Waals surface area contributed by atoms with Crippen molar-refractivity contribution in [3.05, 3.63) is 46.2 Å². The van der Waals surface area contributed by atoms with E-state index in [1.807, 2.05) is 24.3 Å². The van der Waals surface area contributed by atoms with Crippen LogP contribution in [0.3, 0.4) is 0 Å². The molecule has 2 aromatic rings. The Balaban J connectivity index is 1.59. The van der Waals surface area contributed by atoms with Gasteiger partial charge in [0.05, 0.1) is 11.4 Å². The van der Waals surface area contributed by atoms with Crippen molar-refractivity contribution in [2.75, 3.05) is 0 Å². The van der Waals surface area contributed by atoms with E-state index in [4.69, 9.17) is 16.6 Å². The minimum atomic E-state index is 0.137. The number of thioether (sulfide) groups is 1. The molecule has 2 aliphatic rings. The molecule has 1 saturated carbocycles. The first-order valence-electron chi connectivity index (χ1n) is 8.04. The Hall–Kier alpha value is -1.13. The summed E-state index contributed by atoms with van der Waals surface area (Å²) in [5, 5.41) is 10.5. The summed E-state index contributed by atoms with van der Waals surface area (Å²) in [6.45, 7) is 7.06. The SMILES string of the molecule is CC1(C)[C@@H]2CC[C@@]1(C)c1nc(SCc3ccc(Cl)cc3)nnc12. The molecule has 1 heterocycles. The molecule has 120 valence electrons. The van der Waals surface area contributed by atoms with Crippen LogP contribution in [0.1, 0.15) is 56.5 Å². The van der Waals surface area contributed by atoms with Crippen LogP contribution in [-0.2, 0) is 11.2 Å². The molecular weight excluding hydrogens is 326 g/mol. The van der Waals surface area contributed by atoms with Gasteiger partial charge in [-0.15, -0.1) is 5.10 Å². The van der Waals surface area contributed by atoms with E-state index in [0.29, 0.717) is 5.92 Å². The fourth-order valence-corrected chi connectivity index (χ4v) is 5.02. The third-order valence-electron chi connectivity index (χ3n) is 6.05. The van der Waals surface area contributed by atoms with Crippen LogP contribution in [0.25, 0.3) is 0 Å². The number of halogens is 1. The number of nitrogens with zero attached hydrogens (tertiary/aromatic N) is 3. The lowest BCUT2D eigenvalue weighted by atomic mass is 9.70. The van der Waals surface area contributed by atoms with Crippen molar-refractivity contribution >= 4 is 23.4 Å². The van der Waals surface area contributed by atoms with E-state index in [9.17, 15) is 0 Å². The van der Waals surface area contributed by atoms with Gasteiger partial charge >= 0.3 is 0 Å². The van der Waals surface area contributed by atoms with Gasteiger partial charge in [-0.25, -0.2) is 4.98 Å². The normalized spacial score (nSPS) is 27.2. The molecule has 0 aliphatic heterocycles. The number of rotatable bonds is 3. The van der Waals surface area contributed by atoms with Gasteiger partial charge < -0.3 is 0 Å². The lowest BCUT2D eigenvalue weighted by molar-refractivity contribution is 0.226. The van der Waals surface area contributed by atoms with Gasteiger partial charge in [0.25, 0.3) is 0 Å². The van der Waals surface area contributed by atoms with Gasteiger partial charge in [0.1, 0.15) is 0 Å². The highest BCUT2D eigenvalue weighted by molar-refractivity contribution is 7.98. The minimum absolute atomic E-state index is 0.137. The predicted octanol–water partition coefficient (Wildman–Crippen LogP) is 4.99. The molecule has 0 spiro atoms. The van der Waals surface area contributed by atoms with E-state index < -0.39 is 0 Å². The average molecular weight is 346 g/mol. The molecule has 0 unspecified atom stereocenters. The largest absolute Gasteiger partial charge is 0.224 e. The second-order valence-corrected chi connectivity index (χ2v) is 8.77. The van der Waals surface area contributed by atoms with Crippen molar-refractivity contribution in [1.29, 1.82) is 0 Å². The van der Waals surface area contributed by atoms with Crippen LogP contribution in [0.5, 0.6) is 0 Å². The molecule has 2 bridgehead atoms. The van der Waals surface area contributed by atoms with Gasteiger partial charge in [-0.3, -0.25) is 0 Å². The molecule has 5 heteroatoms. The van der Waals surface area contributed by atoms with Crippen molar-refractivity contribution in [3.63, 3.8) is 0 Å². The van der Waals surface area contributed by atoms with Gasteiger partial charge in [0.2, 0.25) is 5.16 Å². The monoisotopic (exact) mass is 345 g/mol. The number of hydrogen-bond donors (Lipinski definition) is 0. The Morgan fingerprint density at radius 2 is 1.91 bits per heavy atom. The molecular formula is C18H20ClN3S. The third-order valence-corrected chi connectivity index (χ3v) is 7.21. The molecule has 23 heavy (non-hydrogen) atoms. The van der Waals surface area contributed by atoms with Crippen LogP contribution in [0.2, 0.25) is 5.02 Å². The first-order chi connectivity index (χ1) is 10.9. The van der Waals surface area contributed by atoms with E-state index in [1.54, 1.807) is 11.8 Å². The number of fused-ring (bicyclic) bond motifs is 5. The highest BCUT2D eigenvalue weighted by Gasteiger charge is 2.61. The molecule has 0 radical (unpaired) electrons. The van der Waals surface area contributed by atoms with E-state index >= 15 is 0 Å². The smallest absolute Gasteiger partial charge is 0.209 e. The van der Waals surface area contributed by atoms with Crippen molar-refractivity contribution < 1.29 is 0 Å². The number of aromatic nitrogens is 3. The fourth-order valence-electron chi connectivity index (χ4n) is 4.15. The van der Waals surface area contributed by atoms with Crippen molar-refractivity contribution in [3.8, 4) is 0 Å². The first kappa shape index (κ1) is 15.4. The van der Waals surface area contributed by atoms with E-state index in [-0.39, 0.29) is 10.8 Å². The summed E-state index contributed by atoms with van der Waals surface area (Å²) in [5.41, 5.74) is 3.91. The zero-order valence-corrected chi connectivity index (χ0v) is 15.2. The van der Waals surface area contributed by atoms with Gasteiger partial charge in [0, 0.05) is 22.1 Å². The van der Waals surface area contributed by atoms with Crippen LogP contribution in [-0.4, -0.2) is 15.2 Å². The quantitative estimate of drug-likeness (QED) is 0.734. The summed E-state index contributed by atoms with van der Waals surface area (Å²) in [5.74, 6) is 1.35. The number of benzene rings is 1. The Kier molecular flexibility index (Phi) is 3.47. The molecule has 2 aliphatic carbocycles. The molecule has 0 N–H and O–H groups in total. The van der Waals surface area contributed by atoms with Crippen molar-refractivity contribution in [2.24, 2.45) is 5.41 Å². The van der Waals surface area contributed by atoms with Gasteiger partial charge in [0.15, 0.2) is 0 Å². The molecule has 0 saturated heterocycles. The molecule has 4 rings (SSSR count). The average Bonchev–Trinajstić information content (AvgIpc) is 2.86. The summed E-state index contributed by atoms with van der Waals surface area (Å²) >= 11 is 7.57. The summed E-state index contributed by atoms with van der Waals surface area (Å²) in [6.07, 6.45) is 2.42. The van der Waals surface area contributed by atoms with E-state index in [2.05, 4.69) is 31.0 Å². The van der Waals surface area contributed by atoms with E-state index in [0.717, 1.165) is 21.6 Å². The summed E-state index contributed by atoms with van der Waals surface area (Å²) in [7, 11) is 0. The highest BCUT2D eigenvalue weighted by atomic mass is 35.5. The predicted molar refractivity (Wildman–Crippen MR) is 93.9 cm³/mol. The lowest BCUT2D eigenvalue weighted by Crippen LogP contribution is -2.32. The third kappa shape index (κ3) is 2.22.